The zero-order valence-corrected chi connectivity index (χ0v) is 16.8. The fraction of sp³-hybridized carbons (Fsp3) is 0.381. The van der Waals surface area contributed by atoms with Crippen molar-refractivity contribution >= 4 is 16.0 Å². The Morgan fingerprint density at radius 1 is 1.14 bits per heavy atom. The van der Waals surface area contributed by atoms with E-state index in [0.717, 1.165) is 49.1 Å². The van der Waals surface area contributed by atoms with Crippen LogP contribution in [0.4, 0.5) is 4.39 Å². The second kappa shape index (κ2) is 8.31. The SMILES string of the molecule is CCC(C)N(Cc1ccc(OS(=O)(=O)c2ccc(F)cc2)cc1)C(=O)C1CC1. The van der Waals surface area contributed by atoms with Crippen LogP contribution in [0.15, 0.2) is 53.4 Å². The molecule has 1 amide bonds. The molecule has 1 aliphatic carbocycles. The largest absolute Gasteiger partial charge is 0.379 e. The monoisotopic (exact) mass is 405 g/mol. The number of carbonyl (C=O) groups excluding carboxylic acids is 1. The predicted octanol–water partition coefficient (Wildman–Crippen LogP) is 4.13. The second-order valence-corrected chi connectivity index (χ2v) is 8.68. The van der Waals surface area contributed by atoms with E-state index in [1.807, 2.05) is 11.8 Å². The van der Waals surface area contributed by atoms with Crippen molar-refractivity contribution in [3.05, 3.63) is 59.9 Å². The Morgan fingerprint density at radius 3 is 2.29 bits per heavy atom. The molecule has 1 saturated carbocycles. The van der Waals surface area contributed by atoms with Crippen molar-refractivity contribution in [2.24, 2.45) is 5.92 Å². The van der Waals surface area contributed by atoms with Crippen molar-refractivity contribution in [1.29, 1.82) is 0 Å². The average Bonchev–Trinajstić information content (AvgIpc) is 3.51. The molecule has 0 aromatic heterocycles. The molecule has 1 aliphatic rings. The van der Waals surface area contributed by atoms with E-state index in [4.69, 9.17) is 4.18 Å². The lowest BCUT2D eigenvalue weighted by Gasteiger charge is -2.29. The first-order valence-electron chi connectivity index (χ1n) is 9.39. The van der Waals surface area contributed by atoms with Gasteiger partial charge in [0.25, 0.3) is 0 Å². The summed E-state index contributed by atoms with van der Waals surface area (Å²) in [5.41, 5.74) is 0.904. The Morgan fingerprint density at radius 2 is 1.75 bits per heavy atom. The van der Waals surface area contributed by atoms with Crippen LogP contribution in [0.2, 0.25) is 0 Å². The molecular weight excluding hydrogens is 381 g/mol. The molecule has 7 heteroatoms. The van der Waals surface area contributed by atoms with Crippen LogP contribution in [0.25, 0.3) is 0 Å². The Labute approximate surface area is 165 Å². The van der Waals surface area contributed by atoms with Crippen molar-refractivity contribution in [2.45, 2.75) is 50.6 Å². The summed E-state index contributed by atoms with van der Waals surface area (Å²) in [5, 5.41) is 0. The van der Waals surface area contributed by atoms with Crippen molar-refractivity contribution in [1.82, 2.24) is 4.90 Å². The third kappa shape index (κ3) is 4.90. The number of benzene rings is 2. The van der Waals surface area contributed by atoms with E-state index in [2.05, 4.69) is 6.92 Å². The lowest BCUT2D eigenvalue weighted by atomic mass is 10.1. The Bertz CT molecular complexity index is 922. The first-order valence-corrected chi connectivity index (χ1v) is 10.8. The van der Waals surface area contributed by atoms with Gasteiger partial charge in [-0.05, 0) is 68.1 Å². The highest BCUT2D eigenvalue weighted by molar-refractivity contribution is 7.87. The summed E-state index contributed by atoms with van der Waals surface area (Å²) in [5.74, 6) is -0.0161. The van der Waals surface area contributed by atoms with Crippen molar-refractivity contribution in [2.75, 3.05) is 0 Å². The molecule has 28 heavy (non-hydrogen) atoms. The molecule has 150 valence electrons. The molecule has 0 aliphatic heterocycles. The third-order valence-corrected chi connectivity index (χ3v) is 6.18. The van der Waals surface area contributed by atoms with Gasteiger partial charge < -0.3 is 9.08 Å². The standard InChI is InChI=1S/C21H24FNO4S/c1-3-15(2)23(21(24)17-6-7-17)14-16-4-10-19(11-5-16)27-28(25,26)20-12-8-18(22)9-13-20/h4-5,8-13,15,17H,3,6-7,14H2,1-2H3. The highest BCUT2D eigenvalue weighted by atomic mass is 32.2. The molecule has 1 unspecified atom stereocenters. The van der Waals surface area contributed by atoms with Crippen LogP contribution in [-0.2, 0) is 21.5 Å². The molecule has 3 rings (SSSR count). The van der Waals surface area contributed by atoms with E-state index in [-0.39, 0.29) is 28.5 Å². The molecule has 2 aromatic rings. The van der Waals surface area contributed by atoms with Gasteiger partial charge >= 0.3 is 10.1 Å². The van der Waals surface area contributed by atoms with Crippen LogP contribution in [0.3, 0.4) is 0 Å². The van der Waals surface area contributed by atoms with Crippen LogP contribution in [0.1, 0.15) is 38.7 Å². The Balaban J connectivity index is 1.70. The maximum atomic E-state index is 13.0. The number of nitrogens with zero attached hydrogens (tertiary/aromatic N) is 1. The quantitative estimate of drug-likeness (QED) is 0.620. The fourth-order valence-electron chi connectivity index (χ4n) is 2.86. The highest BCUT2D eigenvalue weighted by Crippen LogP contribution is 2.32. The summed E-state index contributed by atoms with van der Waals surface area (Å²) < 4.78 is 42.7. The van der Waals surface area contributed by atoms with Gasteiger partial charge in [0.15, 0.2) is 0 Å². The molecule has 0 heterocycles. The molecular formula is C21H24FNO4S. The van der Waals surface area contributed by atoms with Crippen LogP contribution >= 0.6 is 0 Å². The van der Waals surface area contributed by atoms with E-state index < -0.39 is 15.9 Å². The number of hydrogen-bond acceptors (Lipinski definition) is 4. The molecule has 5 nitrogen and oxygen atoms in total. The Kier molecular flexibility index (Phi) is 6.03. The minimum absolute atomic E-state index is 0.115. The lowest BCUT2D eigenvalue weighted by Crippen LogP contribution is -2.38. The van der Waals surface area contributed by atoms with E-state index in [0.29, 0.717) is 6.54 Å². The first-order chi connectivity index (χ1) is 13.3. The van der Waals surface area contributed by atoms with Gasteiger partial charge in [-0.2, -0.15) is 8.42 Å². The van der Waals surface area contributed by atoms with E-state index >= 15 is 0 Å². The Hall–Kier alpha value is -2.41. The maximum absolute atomic E-state index is 13.0. The zero-order chi connectivity index (χ0) is 20.3. The van der Waals surface area contributed by atoms with E-state index in [1.54, 1.807) is 24.3 Å². The van der Waals surface area contributed by atoms with Crippen LogP contribution in [0, 0.1) is 11.7 Å². The summed E-state index contributed by atoms with van der Waals surface area (Å²) in [6.07, 6.45) is 2.79. The summed E-state index contributed by atoms with van der Waals surface area (Å²) in [6.45, 7) is 4.57. The van der Waals surface area contributed by atoms with Gasteiger partial charge in [0.2, 0.25) is 5.91 Å². The minimum atomic E-state index is -4.03. The topological polar surface area (TPSA) is 63.7 Å². The highest BCUT2D eigenvalue weighted by Gasteiger charge is 2.34. The number of rotatable bonds is 8. The normalized spacial score (nSPS) is 15.1. The number of halogens is 1. The molecule has 0 radical (unpaired) electrons. The van der Waals surface area contributed by atoms with Gasteiger partial charge in [-0.25, -0.2) is 4.39 Å². The fourth-order valence-corrected chi connectivity index (χ4v) is 3.79. The molecule has 1 atom stereocenters. The van der Waals surface area contributed by atoms with Crippen LogP contribution < -0.4 is 4.18 Å². The van der Waals surface area contributed by atoms with Crippen molar-refractivity contribution in [3.8, 4) is 5.75 Å². The number of hydrogen-bond donors (Lipinski definition) is 0. The summed E-state index contributed by atoms with van der Waals surface area (Å²) in [6, 6.07) is 11.2. The van der Waals surface area contributed by atoms with Crippen LogP contribution in [0.5, 0.6) is 5.75 Å². The van der Waals surface area contributed by atoms with Crippen LogP contribution in [-0.4, -0.2) is 25.3 Å². The average molecular weight is 405 g/mol. The zero-order valence-electron chi connectivity index (χ0n) is 16.0. The van der Waals surface area contributed by atoms with Gasteiger partial charge in [-0.3, -0.25) is 4.79 Å². The summed E-state index contributed by atoms with van der Waals surface area (Å²) >= 11 is 0. The van der Waals surface area contributed by atoms with Crippen molar-refractivity contribution in [3.63, 3.8) is 0 Å². The van der Waals surface area contributed by atoms with E-state index in [9.17, 15) is 17.6 Å². The molecule has 0 spiro atoms. The van der Waals surface area contributed by atoms with E-state index in [1.165, 1.54) is 0 Å². The van der Waals surface area contributed by atoms with Gasteiger partial charge in [-0.15, -0.1) is 0 Å². The van der Waals surface area contributed by atoms with Gasteiger partial charge in [0.05, 0.1) is 0 Å². The summed E-state index contributed by atoms with van der Waals surface area (Å²) in [7, 11) is -4.03. The lowest BCUT2D eigenvalue weighted by molar-refractivity contribution is -0.135. The number of amides is 1. The van der Waals surface area contributed by atoms with Crippen molar-refractivity contribution < 1.29 is 21.8 Å². The third-order valence-electron chi connectivity index (χ3n) is 4.92. The predicted molar refractivity (Wildman–Crippen MR) is 104 cm³/mol. The molecule has 0 bridgehead atoms. The van der Waals surface area contributed by atoms with Gasteiger partial charge in [-0.1, -0.05) is 19.1 Å². The molecule has 0 N–H and O–H groups in total. The number of carbonyl (C=O) groups is 1. The molecule has 0 saturated heterocycles. The van der Waals surface area contributed by atoms with Gasteiger partial charge in [0.1, 0.15) is 16.5 Å². The molecule has 2 aromatic carbocycles. The minimum Gasteiger partial charge on any atom is -0.379 e. The smallest absolute Gasteiger partial charge is 0.339 e. The molecule has 1 fully saturated rings. The second-order valence-electron chi connectivity index (χ2n) is 7.13. The summed E-state index contributed by atoms with van der Waals surface area (Å²) in [4.78, 5) is 14.3. The van der Waals surface area contributed by atoms with Gasteiger partial charge in [0, 0.05) is 18.5 Å². The maximum Gasteiger partial charge on any atom is 0.339 e. The first kappa shape index (κ1) is 20.3.